The number of aliphatic hydroxyl groups excluding tert-OH is 1. The van der Waals surface area contributed by atoms with E-state index in [-0.39, 0.29) is 6.10 Å². The maximum Gasteiger partial charge on any atom is 0.161 e. The van der Waals surface area contributed by atoms with Crippen LogP contribution in [0.1, 0.15) is 12.8 Å². The Morgan fingerprint density at radius 3 is 2.74 bits per heavy atom. The first-order valence-electron chi connectivity index (χ1n) is 6.63. The lowest BCUT2D eigenvalue weighted by atomic mass is 10.2. The maximum absolute atomic E-state index is 9.83. The van der Waals surface area contributed by atoms with Gasteiger partial charge >= 0.3 is 0 Å². The molecule has 19 heavy (non-hydrogen) atoms. The van der Waals surface area contributed by atoms with Gasteiger partial charge in [0, 0.05) is 18.3 Å². The van der Waals surface area contributed by atoms with Crippen molar-refractivity contribution >= 4 is 5.82 Å². The number of hydrogen-bond donors (Lipinski definition) is 2. The number of nitrogens with zero attached hydrogens (tertiary/aromatic N) is 2. The molecular formula is C15H17N3O. The van der Waals surface area contributed by atoms with Gasteiger partial charge in [-0.05, 0) is 24.8 Å². The second-order valence-corrected chi connectivity index (χ2v) is 4.92. The lowest BCUT2D eigenvalue weighted by Crippen LogP contribution is -2.21. The number of aliphatic hydroxyl groups is 1. The predicted molar refractivity (Wildman–Crippen MR) is 74.7 cm³/mol. The second kappa shape index (κ2) is 5.36. The van der Waals surface area contributed by atoms with Crippen molar-refractivity contribution in [2.24, 2.45) is 5.92 Å². The Bertz CT molecular complexity index is 540. The van der Waals surface area contributed by atoms with Crippen molar-refractivity contribution in [1.29, 1.82) is 0 Å². The molecule has 98 valence electrons. The smallest absolute Gasteiger partial charge is 0.161 e. The van der Waals surface area contributed by atoms with Gasteiger partial charge in [0.25, 0.3) is 0 Å². The normalized spacial score (nSPS) is 16.1. The van der Waals surface area contributed by atoms with Crippen LogP contribution < -0.4 is 5.32 Å². The van der Waals surface area contributed by atoms with Crippen molar-refractivity contribution in [2.45, 2.75) is 18.9 Å². The van der Waals surface area contributed by atoms with E-state index >= 15 is 0 Å². The number of rotatable bonds is 5. The fraction of sp³-hybridized carbons (Fsp3) is 0.333. The molecule has 0 unspecified atom stereocenters. The zero-order valence-corrected chi connectivity index (χ0v) is 10.7. The number of hydrogen-bond acceptors (Lipinski definition) is 4. The minimum atomic E-state index is -0.268. The van der Waals surface area contributed by atoms with Gasteiger partial charge in [0.2, 0.25) is 0 Å². The van der Waals surface area contributed by atoms with Gasteiger partial charge in [-0.1, -0.05) is 30.3 Å². The van der Waals surface area contributed by atoms with Gasteiger partial charge in [0.05, 0.1) is 6.10 Å². The van der Waals surface area contributed by atoms with Gasteiger partial charge in [-0.25, -0.2) is 9.97 Å². The van der Waals surface area contributed by atoms with Crippen LogP contribution in [-0.4, -0.2) is 27.7 Å². The number of anilines is 1. The predicted octanol–water partition coefficient (Wildman–Crippen LogP) is 2.33. The minimum absolute atomic E-state index is 0.268. The molecule has 0 amide bonds. The Hall–Kier alpha value is -1.94. The van der Waals surface area contributed by atoms with E-state index in [1.165, 1.54) is 0 Å². The van der Waals surface area contributed by atoms with E-state index in [0.717, 1.165) is 24.2 Å². The van der Waals surface area contributed by atoms with E-state index in [4.69, 9.17) is 0 Å². The standard InChI is InChI=1S/C15H17N3O/c19-13(11-6-7-11)10-17-14-8-9-16-15(18-14)12-4-2-1-3-5-12/h1-5,8-9,11,13,19H,6-7,10H2,(H,16,17,18)/t13-/m0/s1. The summed E-state index contributed by atoms with van der Waals surface area (Å²) in [6.45, 7) is 0.551. The molecule has 1 saturated carbocycles. The molecule has 0 bridgehead atoms. The van der Waals surface area contributed by atoms with Crippen LogP contribution in [0.4, 0.5) is 5.82 Å². The average molecular weight is 255 g/mol. The van der Waals surface area contributed by atoms with Gasteiger partial charge in [-0.15, -0.1) is 0 Å². The molecule has 1 aliphatic carbocycles. The summed E-state index contributed by atoms with van der Waals surface area (Å²) in [6, 6.07) is 11.7. The molecule has 1 fully saturated rings. The third-order valence-corrected chi connectivity index (χ3v) is 3.35. The quantitative estimate of drug-likeness (QED) is 0.861. The molecule has 0 radical (unpaired) electrons. The van der Waals surface area contributed by atoms with Crippen molar-refractivity contribution in [2.75, 3.05) is 11.9 Å². The topological polar surface area (TPSA) is 58.0 Å². The zero-order chi connectivity index (χ0) is 13.1. The number of benzene rings is 1. The van der Waals surface area contributed by atoms with Crippen molar-refractivity contribution in [3.8, 4) is 11.4 Å². The van der Waals surface area contributed by atoms with Crippen LogP contribution in [0.5, 0.6) is 0 Å². The highest BCUT2D eigenvalue weighted by molar-refractivity contribution is 5.56. The van der Waals surface area contributed by atoms with E-state index in [9.17, 15) is 5.11 Å². The Kier molecular flexibility index (Phi) is 3.42. The molecule has 4 heteroatoms. The molecule has 1 aromatic carbocycles. The first kappa shape index (κ1) is 12.1. The van der Waals surface area contributed by atoms with Crippen LogP contribution in [0.2, 0.25) is 0 Å². The summed E-state index contributed by atoms with van der Waals surface area (Å²) in [7, 11) is 0. The van der Waals surface area contributed by atoms with E-state index in [2.05, 4.69) is 15.3 Å². The molecule has 0 saturated heterocycles. The summed E-state index contributed by atoms with van der Waals surface area (Å²) >= 11 is 0. The van der Waals surface area contributed by atoms with Crippen molar-refractivity contribution in [1.82, 2.24) is 9.97 Å². The Balaban J connectivity index is 1.69. The lowest BCUT2D eigenvalue weighted by Gasteiger charge is -2.11. The van der Waals surface area contributed by atoms with Crippen molar-refractivity contribution in [3.05, 3.63) is 42.6 Å². The molecule has 3 rings (SSSR count). The Morgan fingerprint density at radius 1 is 1.21 bits per heavy atom. The van der Waals surface area contributed by atoms with Crippen LogP contribution >= 0.6 is 0 Å². The van der Waals surface area contributed by atoms with Gasteiger partial charge in [-0.3, -0.25) is 0 Å². The molecule has 1 heterocycles. The van der Waals surface area contributed by atoms with Crippen LogP contribution in [0, 0.1) is 5.92 Å². The van der Waals surface area contributed by atoms with Crippen LogP contribution in [0.15, 0.2) is 42.6 Å². The summed E-state index contributed by atoms with van der Waals surface area (Å²) in [4.78, 5) is 8.73. The largest absolute Gasteiger partial charge is 0.391 e. The monoisotopic (exact) mass is 255 g/mol. The summed E-state index contributed by atoms with van der Waals surface area (Å²) in [6.07, 6.45) is 3.75. The molecule has 0 spiro atoms. The molecule has 2 aromatic rings. The lowest BCUT2D eigenvalue weighted by molar-refractivity contribution is 0.164. The third kappa shape index (κ3) is 3.09. The average Bonchev–Trinajstić information content (AvgIpc) is 3.31. The van der Waals surface area contributed by atoms with E-state index < -0.39 is 0 Å². The van der Waals surface area contributed by atoms with Crippen LogP contribution in [0.25, 0.3) is 11.4 Å². The van der Waals surface area contributed by atoms with Crippen molar-refractivity contribution in [3.63, 3.8) is 0 Å². The fourth-order valence-electron chi connectivity index (χ4n) is 2.04. The molecule has 1 aliphatic rings. The summed E-state index contributed by atoms with van der Waals surface area (Å²) < 4.78 is 0. The molecule has 0 aliphatic heterocycles. The number of aromatic nitrogens is 2. The van der Waals surface area contributed by atoms with Gasteiger partial charge in [0.15, 0.2) is 5.82 Å². The van der Waals surface area contributed by atoms with Gasteiger partial charge in [0.1, 0.15) is 5.82 Å². The third-order valence-electron chi connectivity index (χ3n) is 3.35. The second-order valence-electron chi connectivity index (χ2n) is 4.92. The first-order valence-corrected chi connectivity index (χ1v) is 6.63. The zero-order valence-electron chi connectivity index (χ0n) is 10.7. The van der Waals surface area contributed by atoms with Crippen molar-refractivity contribution < 1.29 is 5.11 Å². The highest BCUT2D eigenvalue weighted by Crippen LogP contribution is 2.32. The SMILES string of the molecule is O[C@@H](CNc1ccnc(-c2ccccc2)n1)C1CC1. The fourth-order valence-corrected chi connectivity index (χ4v) is 2.04. The van der Waals surface area contributed by atoms with E-state index in [1.54, 1.807) is 6.20 Å². The van der Waals surface area contributed by atoms with E-state index in [1.807, 2.05) is 36.4 Å². The highest BCUT2D eigenvalue weighted by Gasteiger charge is 2.29. The summed E-state index contributed by atoms with van der Waals surface area (Å²) in [5, 5.41) is 13.0. The number of nitrogens with one attached hydrogen (secondary N) is 1. The molecule has 2 N–H and O–H groups in total. The van der Waals surface area contributed by atoms with Crippen LogP contribution in [0.3, 0.4) is 0 Å². The Labute approximate surface area is 112 Å². The van der Waals surface area contributed by atoms with Gasteiger partial charge in [-0.2, -0.15) is 0 Å². The molecule has 4 nitrogen and oxygen atoms in total. The van der Waals surface area contributed by atoms with Crippen LogP contribution in [-0.2, 0) is 0 Å². The van der Waals surface area contributed by atoms with E-state index in [0.29, 0.717) is 18.3 Å². The van der Waals surface area contributed by atoms with Gasteiger partial charge < -0.3 is 10.4 Å². The molecule has 1 atom stereocenters. The first-order chi connectivity index (χ1) is 9.33. The minimum Gasteiger partial charge on any atom is -0.391 e. The molecular weight excluding hydrogens is 238 g/mol. The molecule has 1 aromatic heterocycles. The summed E-state index contributed by atoms with van der Waals surface area (Å²) in [5.74, 6) is 1.93. The maximum atomic E-state index is 9.83. The highest BCUT2D eigenvalue weighted by atomic mass is 16.3. The summed E-state index contributed by atoms with van der Waals surface area (Å²) in [5.41, 5.74) is 0.994. The Morgan fingerprint density at radius 2 is 2.00 bits per heavy atom.